The fraction of sp³-hybridized carbons (Fsp3) is 0.600. The molecule has 1 unspecified atom stereocenters. The third kappa shape index (κ3) is 3.45. The van der Waals surface area contributed by atoms with Crippen molar-refractivity contribution in [1.29, 1.82) is 0 Å². The molecule has 1 heterocycles. The molecule has 1 saturated heterocycles. The third-order valence-electron chi connectivity index (χ3n) is 4.10. The number of piperazine rings is 1. The lowest BCUT2D eigenvalue weighted by Gasteiger charge is -2.39. The zero-order valence-electron chi connectivity index (χ0n) is 11.7. The van der Waals surface area contributed by atoms with Crippen LogP contribution in [0.15, 0.2) is 18.2 Å². The monoisotopic (exact) mass is 344 g/mol. The Labute approximate surface area is 129 Å². The summed E-state index contributed by atoms with van der Waals surface area (Å²) in [6, 6.07) is 6.89. The second-order valence-electron chi connectivity index (χ2n) is 5.15. The molecule has 0 N–H and O–H groups in total. The molecule has 0 aromatic heterocycles. The van der Waals surface area contributed by atoms with Gasteiger partial charge in [0.15, 0.2) is 0 Å². The van der Waals surface area contributed by atoms with E-state index in [2.05, 4.69) is 45.6 Å². The summed E-state index contributed by atoms with van der Waals surface area (Å²) in [5, 5.41) is 1.67. The Hall–Kier alpha value is -0.250. The Morgan fingerprint density at radius 1 is 1.26 bits per heavy atom. The minimum atomic E-state index is 0.692. The van der Waals surface area contributed by atoms with Crippen molar-refractivity contribution in [3.63, 3.8) is 0 Å². The van der Waals surface area contributed by atoms with E-state index in [1.807, 2.05) is 12.1 Å². The van der Waals surface area contributed by atoms with E-state index in [-0.39, 0.29) is 0 Å². The van der Waals surface area contributed by atoms with E-state index in [0.717, 1.165) is 36.5 Å². The van der Waals surface area contributed by atoms with Crippen molar-refractivity contribution >= 4 is 33.2 Å². The summed E-state index contributed by atoms with van der Waals surface area (Å²) in [5.74, 6) is 0. The molecule has 0 saturated carbocycles. The first-order chi connectivity index (χ1) is 9.17. The highest BCUT2D eigenvalue weighted by Gasteiger charge is 2.22. The average molecular weight is 346 g/mol. The molecule has 2 rings (SSSR count). The molecule has 106 valence electrons. The van der Waals surface area contributed by atoms with Crippen molar-refractivity contribution < 1.29 is 0 Å². The predicted octanol–water partition coefficient (Wildman–Crippen LogP) is 4.16. The second-order valence-corrected chi connectivity index (χ2v) is 6.12. The minimum Gasteiger partial charge on any atom is -0.369 e. The van der Waals surface area contributed by atoms with Gasteiger partial charge in [-0.25, -0.2) is 0 Å². The SMILES string of the molecule is CCC(C)N1CCN(c2cccc(Cl)c2CBr)CC1. The van der Waals surface area contributed by atoms with Crippen LogP contribution in [0.4, 0.5) is 5.69 Å². The van der Waals surface area contributed by atoms with E-state index in [1.54, 1.807) is 0 Å². The highest BCUT2D eigenvalue weighted by atomic mass is 79.9. The number of anilines is 1. The Morgan fingerprint density at radius 3 is 2.53 bits per heavy atom. The van der Waals surface area contributed by atoms with Crippen LogP contribution in [0.5, 0.6) is 0 Å². The molecule has 0 amide bonds. The van der Waals surface area contributed by atoms with Crippen molar-refractivity contribution in [2.75, 3.05) is 31.1 Å². The van der Waals surface area contributed by atoms with Gasteiger partial charge in [-0.1, -0.05) is 40.5 Å². The molecule has 1 aliphatic rings. The number of nitrogens with zero attached hydrogens (tertiary/aromatic N) is 2. The van der Waals surface area contributed by atoms with Crippen LogP contribution in [0.2, 0.25) is 5.02 Å². The molecule has 1 atom stereocenters. The van der Waals surface area contributed by atoms with E-state index in [0.29, 0.717) is 6.04 Å². The van der Waals surface area contributed by atoms with Crippen LogP contribution in [0.1, 0.15) is 25.8 Å². The van der Waals surface area contributed by atoms with Crippen LogP contribution in [-0.2, 0) is 5.33 Å². The lowest BCUT2D eigenvalue weighted by Crippen LogP contribution is -2.49. The van der Waals surface area contributed by atoms with Gasteiger partial charge in [0.25, 0.3) is 0 Å². The van der Waals surface area contributed by atoms with Gasteiger partial charge < -0.3 is 4.90 Å². The summed E-state index contributed by atoms with van der Waals surface area (Å²) in [7, 11) is 0. The quantitative estimate of drug-likeness (QED) is 0.756. The van der Waals surface area contributed by atoms with E-state index < -0.39 is 0 Å². The Morgan fingerprint density at radius 2 is 1.95 bits per heavy atom. The molecule has 0 spiro atoms. The maximum Gasteiger partial charge on any atom is 0.0467 e. The van der Waals surface area contributed by atoms with Crippen molar-refractivity contribution in [2.24, 2.45) is 0 Å². The summed E-state index contributed by atoms with van der Waals surface area (Å²) in [5.41, 5.74) is 2.49. The van der Waals surface area contributed by atoms with Gasteiger partial charge in [0, 0.05) is 53.8 Å². The van der Waals surface area contributed by atoms with Crippen LogP contribution in [-0.4, -0.2) is 37.1 Å². The van der Waals surface area contributed by atoms with Gasteiger partial charge in [0.05, 0.1) is 0 Å². The van der Waals surface area contributed by atoms with Gasteiger partial charge >= 0.3 is 0 Å². The summed E-state index contributed by atoms with van der Waals surface area (Å²) < 4.78 is 0. The lowest BCUT2D eigenvalue weighted by molar-refractivity contribution is 0.193. The standard InChI is InChI=1S/C15H22BrClN2/c1-3-12(2)18-7-9-19(10-8-18)15-6-4-5-14(17)13(15)11-16/h4-6,12H,3,7-11H2,1-2H3. The fourth-order valence-electron chi connectivity index (χ4n) is 2.64. The molecular formula is C15H22BrClN2. The van der Waals surface area contributed by atoms with E-state index in [4.69, 9.17) is 11.6 Å². The van der Waals surface area contributed by atoms with Crippen molar-refractivity contribution in [3.8, 4) is 0 Å². The molecule has 1 fully saturated rings. The largest absolute Gasteiger partial charge is 0.369 e. The van der Waals surface area contributed by atoms with Crippen LogP contribution in [0.3, 0.4) is 0 Å². The smallest absolute Gasteiger partial charge is 0.0467 e. The first-order valence-corrected chi connectivity index (χ1v) is 8.49. The zero-order valence-corrected chi connectivity index (χ0v) is 14.0. The third-order valence-corrected chi connectivity index (χ3v) is 5.01. The van der Waals surface area contributed by atoms with Crippen molar-refractivity contribution in [3.05, 3.63) is 28.8 Å². The average Bonchev–Trinajstić information content (AvgIpc) is 2.46. The van der Waals surface area contributed by atoms with Gasteiger partial charge in [-0.15, -0.1) is 0 Å². The summed E-state index contributed by atoms with van der Waals surface area (Å²) >= 11 is 9.83. The summed E-state index contributed by atoms with van der Waals surface area (Å²) in [6.07, 6.45) is 1.23. The van der Waals surface area contributed by atoms with Gasteiger partial charge in [-0.2, -0.15) is 0 Å². The molecule has 1 aromatic carbocycles. The normalized spacial score (nSPS) is 18.6. The first-order valence-electron chi connectivity index (χ1n) is 6.99. The van der Waals surface area contributed by atoms with Crippen LogP contribution in [0, 0.1) is 0 Å². The Bertz CT molecular complexity index is 417. The summed E-state index contributed by atoms with van der Waals surface area (Å²) in [4.78, 5) is 5.04. The van der Waals surface area contributed by atoms with Crippen LogP contribution >= 0.6 is 27.5 Å². The van der Waals surface area contributed by atoms with Crippen molar-refractivity contribution in [2.45, 2.75) is 31.6 Å². The van der Waals surface area contributed by atoms with Gasteiger partial charge in [-0.05, 0) is 25.5 Å². The fourth-order valence-corrected chi connectivity index (χ4v) is 3.62. The number of benzene rings is 1. The predicted molar refractivity (Wildman–Crippen MR) is 87.6 cm³/mol. The maximum atomic E-state index is 6.28. The highest BCUT2D eigenvalue weighted by molar-refractivity contribution is 9.08. The number of rotatable bonds is 4. The molecule has 0 radical (unpaired) electrons. The Kier molecular flexibility index (Phi) is 5.55. The van der Waals surface area contributed by atoms with Crippen molar-refractivity contribution in [1.82, 2.24) is 4.90 Å². The number of hydrogen-bond acceptors (Lipinski definition) is 2. The molecule has 1 aromatic rings. The van der Waals surface area contributed by atoms with Crippen LogP contribution in [0.25, 0.3) is 0 Å². The molecule has 19 heavy (non-hydrogen) atoms. The van der Waals surface area contributed by atoms with Crippen LogP contribution < -0.4 is 4.90 Å². The zero-order chi connectivity index (χ0) is 13.8. The van der Waals surface area contributed by atoms with E-state index in [1.165, 1.54) is 17.7 Å². The Balaban J connectivity index is 2.08. The topological polar surface area (TPSA) is 6.48 Å². The molecule has 0 bridgehead atoms. The molecule has 1 aliphatic heterocycles. The molecule has 4 heteroatoms. The molecule has 0 aliphatic carbocycles. The second kappa shape index (κ2) is 6.96. The lowest BCUT2D eigenvalue weighted by atomic mass is 10.1. The minimum absolute atomic E-state index is 0.692. The highest BCUT2D eigenvalue weighted by Crippen LogP contribution is 2.30. The summed E-state index contributed by atoms with van der Waals surface area (Å²) in [6.45, 7) is 9.04. The molecule has 2 nitrogen and oxygen atoms in total. The van der Waals surface area contributed by atoms with Gasteiger partial charge in [0.2, 0.25) is 0 Å². The van der Waals surface area contributed by atoms with Gasteiger partial charge in [0.1, 0.15) is 0 Å². The van der Waals surface area contributed by atoms with Gasteiger partial charge in [-0.3, -0.25) is 4.90 Å². The van der Waals surface area contributed by atoms with E-state index >= 15 is 0 Å². The maximum absolute atomic E-state index is 6.28. The van der Waals surface area contributed by atoms with E-state index in [9.17, 15) is 0 Å². The molecular weight excluding hydrogens is 324 g/mol. The number of alkyl halides is 1. The number of halogens is 2. The first kappa shape index (κ1) is 15.1. The number of hydrogen-bond donors (Lipinski definition) is 0.